The van der Waals surface area contributed by atoms with Gasteiger partial charge in [0.2, 0.25) is 5.84 Å². The van der Waals surface area contributed by atoms with E-state index < -0.39 is 23.8 Å². The third-order valence-electron chi connectivity index (χ3n) is 5.19. The topological polar surface area (TPSA) is 166 Å². The summed E-state index contributed by atoms with van der Waals surface area (Å²) in [7, 11) is 0. The van der Waals surface area contributed by atoms with Gasteiger partial charge in [0, 0.05) is 31.0 Å². The first-order valence-corrected chi connectivity index (χ1v) is 10.6. The fraction of sp³-hybridized carbons (Fsp3) is 0.250. The molecule has 1 unspecified atom stereocenters. The van der Waals surface area contributed by atoms with Crippen LogP contribution < -0.4 is 20.9 Å². The lowest BCUT2D eigenvalue weighted by molar-refractivity contribution is -0.0603. The smallest absolute Gasteiger partial charge is 0.449 e. The molecule has 1 atom stereocenters. The number of nitrogens with two attached hydrogens (primary N) is 1. The molecule has 0 aliphatic carbocycles. The molecular weight excluding hydrogens is 512 g/mol. The van der Waals surface area contributed by atoms with Crippen LogP contribution in [0.1, 0.15) is 22.3 Å². The van der Waals surface area contributed by atoms with Crippen molar-refractivity contribution in [2.45, 2.75) is 18.6 Å². The van der Waals surface area contributed by atoms with Gasteiger partial charge in [0.05, 0.1) is 27.5 Å². The number of benzene rings is 1. The van der Waals surface area contributed by atoms with E-state index in [1.165, 1.54) is 12.3 Å². The molecule has 1 aliphatic heterocycles. The highest BCUT2D eigenvalue weighted by molar-refractivity contribution is 6.35. The number of rotatable bonds is 6. The minimum atomic E-state index is -4.98. The molecule has 2 heterocycles. The van der Waals surface area contributed by atoms with E-state index in [2.05, 4.69) is 10.3 Å². The van der Waals surface area contributed by atoms with Crippen LogP contribution in [-0.2, 0) is 0 Å². The second-order valence-electron chi connectivity index (χ2n) is 7.48. The molecule has 1 amide bonds. The lowest BCUT2D eigenvalue weighted by Gasteiger charge is -2.22. The van der Waals surface area contributed by atoms with Gasteiger partial charge in [0.1, 0.15) is 5.84 Å². The summed E-state index contributed by atoms with van der Waals surface area (Å²) in [6.45, 7) is 0.663. The van der Waals surface area contributed by atoms with Crippen LogP contribution in [0.2, 0.25) is 10.0 Å². The van der Waals surface area contributed by atoms with Crippen molar-refractivity contribution in [3.05, 3.63) is 45.6 Å². The molecule has 1 saturated heterocycles. The van der Waals surface area contributed by atoms with Crippen LogP contribution in [0, 0.1) is 16.2 Å². The zero-order valence-electron chi connectivity index (χ0n) is 17.7. The van der Waals surface area contributed by atoms with Crippen molar-refractivity contribution in [1.29, 1.82) is 16.2 Å². The summed E-state index contributed by atoms with van der Waals surface area (Å²) >= 11 is 12.1. The third-order valence-corrected chi connectivity index (χ3v) is 5.79. The highest BCUT2D eigenvalue weighted by Crippen LogP contribution is 2.35. The maximum Gasteiger partial charge on any atom is 0.449 e. The standard InChI is InChI=1S/C20H19Cl2F3N8O2/c21-12-5-10(33(8-26)19(29)20(23,24)25)1-2-11(12)18(35)31-9-3-4-32(7-9)17-15(34)14(16(27)28)13(22)6-30-17/h1-2,5-6,8-9,26,29,34H,3-4,7H2,(H3,27,28)(H,31,35). The molecule has 0 saturated carbocycles. The molecule has 15 heteroatoms. The number of pyridine rings is 1. The summed E-state index contributed by atoms with van der Waals surface area (Å²) in [5.74, 6) is -2.99. The number of hydrogen-bond acceptors (Lipinski definition) is 7. The zero-order valence-corrected chi connectivity index (χ0v) is 19.3. The van der Waals surface area contributed by atoms with Gasteiger partial charge >= 0.3 is 6.18 Å². The Labute approximate surface area is 207 Å². The number of nitrogens with one attached hydrogen (secondary N) is 4. The summed E-state index contributed by atoms with van der Waals surface area (Å²) in [5, 5.41) is 35.1. The van der Waals surface area contributed by atoms with E-state index >= 15 is 0 Å². The predicted molar refractivity (Wildman–Crippen MR) is 127 cm³/mol. The lowest BCUT2D eigenvalue weighted by atomic mass is 10.1. The molecule has 1 aromatic carbocycles. The number of anilines is 2. The number of amides is 1. The van der Waals surface area contributed by atoms with Gasteiger partial charge in [-0.15, -0.1) is 0 Å². The molecule has 1 aromatic heterocycles. The molecule has 1 fully saturated rings. The van der Waals surface area contributed by atoms with E-state index in [9.17, 15) is 23.1 Å². The van der Waals surface area contributed by atoms with Crippen molar-refractivity contribution >= 4 is 58.6 Å². The van der Waals surface area contributed by atoms with Gasteiger partial charge in [-0.25, -0.2) is 4.98 Å². The summed E-state index contributed by atoms with van der Waals surface area (Å²) in [4.78, 5) is 18.8. The monoisotopic (exact) mass is 530 g/mol. The van der Waals surface area contributed by atoms with Gasteiger partial charge in [-0.3, -0.25) is 25.9 Å². The van der Waals surface area contributed by atoms with Crippen LogP contribution in [-0.4, -0.2) is 59.3 Å². The van der Waals surface area contributed by atoms with E-state index in [1.54, 1.807) is 4.90 Å². The number of carbonyl (C=O) groups is 1. The number of aromatic nitrogens is 1. The highest BCUT2D eigenvalue weighted by atomic mass is 35.5. The van der Waals surface area contributed by atoms with E-state index in [0.717, 1.165) is 12.1 Å². The summed E-state index contributed by atoms with van der Waals surface area (Å²) < 4.78 is 38.6. The Hall–Kier alpha value is -3.58. The molecule has 2 aromatic rings. The quantitative estimate of drug-likeness (QED) is 0.247. The Bertz CT molecular complexity index is 1210. The summed E-state index contributed by atoms with van der Waals surface area (Å²) in [5.41, 5.74) is 5.21. The number of alkyl halides is 3. The van der Waals surface area contributed by atoms with Crippen molar-refractivity contribution in [2.24, 2.45) is 5.73 Å². The SMILES string of the molecule is N=CN(C(=N)C(F)(F)F)c1ccc(C(=O)NC2CCN(c3ncc(Cl)c(C(=N)N)c3O)C2)c(Cl)c1. The number of carbonyl (C=O) groups excluding carboxylic acids is 1. The third kappa shape index (κ3) is 5.41. The predicted octanol–water partition coefficient (Wildman–Crippen LogP) is 3.34. The van der Waals surface area contributed by atoms with Crippen LogP contribution in [0.25, 0.3) is 0 Å². The van der Waals surface area contributed by atoms with Crippen LogP contribution >= 0.6 is 23.2 Å². The molecule has 1 aliphatic rings. The molecule has 7 N–H and O–H groups in total. The highest BCUT2D eigenvalue weighted by Gasteiger charge is 2.39. The van der Waals surface area contributed by atoms with Gasteiger partial charge < -0.3 is 21.1 Å². The Balaban J connectivity index is 1.73. The van der Waals surface area contributed by atoms with E-state index in [1.807, 2.05) is 0 Å². The van der Waals surface area contributed by atoms with Crippen molar-refractivity contribution < 1.29 is 23.1 Å². The molecule has 10 nitrogen and oxygen atoms in total. The van der Waals surface area contributed by atoms with E-state index in [0.29, 0.717) is 19.3 Å². The molecule has 0 spiro atoms. The van der Waals surface area contributed by atoms with Crippen LogP contribution in [0.3, 0.4) is 0 Å². The normalized spacial score (nSPS) is 15.6. The Morgan fingerprint density at radius 2 is 2.00 bits per heavy atom. The van der Waals surface area contributed by atoms with Gasteiger partial charge in [-0.2, -0.15) is 13.2 Å². The van der Waals surface area contributed by atoms with Crippen molar-refractivity contribution in [1.82, 2.24) is 10.3 Å². The Kier molecular flexibility index (Phi) is 7.41. The number of halogens is 5. The summed E-state index contributed by atoms with van der Waals surface area (Å²) in [6.07, 6.45) is -2.92. The van der Waals surface area contributed by atoms with Crippen molar-refractivity contribution in [3.63, 3.8) is 0 Å². The van der Waals surface area contributed by atoms with E-state index in [-0.39, 0.29) is 55.9 Å². The Morgan fingerprint density at radius 3 is 2.57 bits per heavy atom. The first-order chi connectivity index (χ1) is 16.3. The van der Waals surface area contributed by atoms with E-state index in [4.69, 9.17) is 45.2 Å². The fourth-order valence-electron chi connectivity index (χ4n) is 3.53. The fourth-order valence-corrected chi connectivity index (χ4v) is 4.03. The van der Waals surface area contributed by atoms with Gasteiger partial charge in [0.15, 0.2) is 11.6 Å². The van der Waals surface area contributed by atoms with Crippen molar-refractivity contribution in [3.8, 4) is 5.75 Å². The minimum absolute atomic E-state index is 0.0105. The average Bonchev–Trinajstić information content (AvgIpc) is 3.21. The second-order valence-corrected chi connectivity index (χ2v) is 8.30. The molecule has 3 rings (SSSR count). The number of hydrogen-bond donors (Lipinski definition) is 6. The number of nitrogen functional groups attached to an aromatic ring is 1. The van der Waals surface area contributed by atoms with Crippen molar-refractivity contribution in [2.75, 3.05) is 22.9 Å². The molecule has 186 valence electrons. The van der Waals surface area contributed by atoms with Crippen LogP contribution in [0.5, 0.6) is 5.75 Å². The van der Waals surface area contributed by atoms with Gasteiger partial charge in [-0.05, 0) is 24.6 Å². The zero-order chi connectivity index (χ0) is 26.1. The molecule has 35 heavy (non-hydrogen) atoms. The maximum absolute atomic E-state index is 12.9. The number of aromatic hydroxyl groups is 1. The Morgan fingerprint density at radius 1 is 1.31 bits per heavy atom. The first-order valence-electron chi connectivity index (χ1n) is 9.88. The molecular formula is C20H19Cl2F3N8O2. The van der Waals surface area contributed by atoms with Gasteiger partial charge in [-0.1, -0.05) is 23.2 Å². The van der Waals surface area contributed by atoms with Crippen LogP contribution in [0.15, 0.2) is 24.4 Å². The largest absolute Gasteiger partial charge is 0.504 e. The second kappa shape index (κ2) is 9.96. The van der Waals surface area contributed by atoms with Crippen LogP contribution in [0.4, 0.5) is 24.7 Å². The maximum atomic E-state index is 12.9. The molecule has 0 bridgehead atoms. The first kappa shape index (κ1) is 26.0. The lowest BCUT2D eigenvalue weighted by Crippen LogP contribution is -2.40. The number of amidine groups is 2. The number of nitrogens with zero attached hydrogens (tertiary/aromatic N) is 3. The van der Waals surface area contributed by atoms with Gasteiger partial charge in [0.25, 0.3) is 5.91 Å². The average molecular weight is 531 g/mol. The summed E-state index contributed by atoms with van der Waals surface area (Å²) in [6, 6.07) is 3.02. The minimum Gasteiger partial charge on any atom is -0.504 e. The molecule has 0 radical (unpaired) electrons.